The molecule has 0 bridgehead atoms. The number of benzene rings is 2. The standard InChI is InChI=1S/C21H24ClFN2OS/c1-5-13-10-14(6-8-17(13)22)26-15-7-9-18(23)16(11-15)21(4)12-27-20(2,3)19(24)25-21/h6-11H,5,12H2,1-4H3,(H2,24,25)/t21-/m0/s1. The highest BCUT2D eigenvalue weighted by Crippen LogP contribution is 2.42. The van der Waals surface area contributed by atoms with Crippen molar-refractivity contribution in [2.24, 2.45) is 10.7 Å². The minimum absolute atomic E-state index is 0.246. The lowest BCUT2D eigenvalue weighted by atomic mass is 9.93. The Morgan fingerprint density at radius 3 is 2.52 bits per heavy atom. The Kier molecular flexibility index (Phi) is 5.46. The van der Waals surface area contributed by atoms with E-state index in [1.54, 1.807) is 30.0 Å². The van der Waals surface area contributed by atoms with Gasteiger partial charge >= 0.3 is 0 Å². The van der Waals surface area contributed by atoms with E-state index in [4.69, 9.17) is 22.1 Å². The van der Waals surface area contributed by atoms with E-state index in [1.165, 1.54) is 6.07 Å². The second-order valence-corrected chi connectivity index (χ2v) is 9.43. The Hall–Kier alpha value is -1.72. The van der Waals surface area contributed by atoms with Gasteiger partial charge in [-0.15, -0.1) is 11.8 Å². The van der Waals surface area contributed by atoms with Gasteiger partial charge in [0.25, 0.3) is 0 Å². The third-order valence-corrected chi connectivity index (χ3v) is 6.86. The molecule has 0 spiro atoms. The van der Waals surface area contributed by atoms with Gasteiger partial charge in [-0.05, 0) is 69.2 Å². The minimum Gasteiger partial charge on any atom is -0.457 e. The number of amidine groups is 1. The highest BCUT2D eigenvalue weighted by atomic mass is 35.5. The van der Waals surface area contributed by atoms with E-state index in [9.17, 15) is 4.39 Å². The molecule has 3 rings (SSSR count). The lowest BCUT2D eigenvalue weighted by molar-refractivity contribution is 0.465. The van der Waals surface area contributed by atoms with Crippen molar-refractivity contribution in [2.45, 2.75) is 44.4 Å². The van der Waals surface area contributed by atoms with Crippen LogP contribution in [-0.4, -0.2) is 16.3 Å². The molecule has 27 heavy (non-hydrogen) atoms. The fraction of sp³-hybridized carbons (Fsp3) is 0.381. The molecule has 0 amide bonds. The highest BCUT2D eigenvalue weighted by Gasteiger charge is 2.39. The lowest BCUT2D eigenvalue weighted by Gasteiger charge is -2.37. The molecule has 0 saturated heterocycles. The second-order valence-electron chi connectivity index (χ2n) is 7.42. The smallest absolute Gasteiger partial charge is 0.129 e. The molecule has 6 heteroatoms. The van der Waals surface area contributed by atoms with Crippen LogP contribution in [0.3, 0.4) is 0 Å². The van der Waals surface area contributed by atoms with Crippen molar-refractivity contribution in [2.75, 3.05) is 5.75 Å². The van der Waals surface area contributed by atoms with Crippen LogP contribution in [0.25, 0.3) is 0 Å². The number of halogens is 2. The number of hydrogen-bond acceptors (Lipinski definition) is 4. The average molecular weight is 407 g/mol. The number of nitrogens with two attached hydrogens (primary N) is 1. The number of thioether (sulfide) groups is 1. The first-order chi connectivity index (χ1) is 12.6. The predicted octanol–water partition coefficient (Wildman–Crippen LogP) is 5.93. The number of rotatable bonds is 4. The monoisotopic (exact) mass is 406 g/mol. The van der Waals surface area contributed by atoms with E-state index in [2.05, 4.69) is 4.99 Å². The third-order valence-electron chi connectivity index (χ3n) is 4.85. The average Bonchev–Trinajstić information content (AvgIpc) is 2.62. The molecule has 0 fully saturated rings. The minimum atomic E-state index is -0.734. The molecule has 0 saturated carbocycles. The first-order valence-electron chi connectivity index (χ1n) is 8.91. The number of hydrogen-bond donors (Lipinski definition) is 1. The summed E-state index contributed by atoms with van der Waals surface area (Å²) in [4.78, 5) is 4.65. The zero-order valence-electron chi connectivity index (χ0n) is 16.0. The van der Waals surface area contributed by atoms with Crippen LogP contribution >= 0.6 is 23.4 Å². The van der Waals surface area contributed by atoms with Gasteiger partial charge in [-0.3, -0.25) is 4.99 Å². The van der Waals surface area contributed by atoms with Gasteiger partial charge in [0.15, 0.2) is 0 Å². The molecule has 1 aliphatic rings. The second kappa shape index (κ2) is 7.36. The first kappa shape index (κ1) is 20.0. The number of aliphatic imine (C=N–C) groups is 1. The van der Waals surface area contributed by atoms with Gasteiger partial charge in [0.1, 0.15) is 23.2 Å². The Morgan fingerprint density at radius 2 is 1.85 bits per heavy atom. The van der Waals surface area contributed by atoms with Gasteiger partial charge in [0.05, 0.1) is 10.3 Å². The topological polar surface area (TPSA) is 47.6 Å². The van der Waals surface area contributed by atoms with Gasteiger partial charge in [-0.25, -0.2) is 4.39 Å². The summed E-state index contributed by atoms with van der Waals surface area (Å²) < 4.78 is 20.4. The molecule has 1 heterocycles. The Bertz CT molecular complexity index is 900. The van der Waals surface area contributed by atoms with Gasteiger partial charge in [-0.1, -0.05) is 18.5 Å². The summed E-state index contributed by atoms with van der Waals surface area (Å²) in [5, 5.41) is 0.712. The van der Waals surface area contributed by atoms with E-state index in [-0.39, 0.29) is 10.6 Å². The van der Waals surface area contributed by atoms with Gasteiger partial charge < -0.3 is 10.5 Å². The van der Waals surface area contributed by atoms with Gasteiger partial charge in [0.2, 0.25) is 0 Å². The normalized spacial score (nSPS) is 21.6. The van der Waals surface area contributed by atoms with Crippen LogP contribution in [0.5, 0.6) is 11.5 Å². The maximum absolute atomic E-state index is 14.6. The van der Waals surface area contributed by atoms with Crippen LogP contribution in [0, 0.1) is 5.82 Å². The molecule has 1 atom stereocenters. The zero-order valence-corrected chi connectivity index (χ0v) is 17.5. The predicted molar refractivity (Wildman–Crippen MR) is 113 cm³/mol. The van der Waals surface area contributed by atoms with Crippen LogP contribution < -0.4 is 10.5 Å². The van der Waals surface area contributed by atoms with Crippen molar-refractivity contribution >= 4 is 29.2 Å². The molecule has 0 aliphatic carbocycles. The molecule has 2 aromatic rings. The zero-order chi connectivity index (χ0) is 19.8. The molecule has 2 aromatic carbocycles. The van der Waals surface area contributed by atoms with Crippen LogP contribution in [0.2, 0.25) is 5.02 Å². The summed E-state index contributed by atoms with van der Waals surface area (Å²) in [5.41, 5.74) is 6.90. The van der Waals surface area contributed by atoms with Crippen LogP contribution in [0.1, 0.15) is 38.8 Å². The fourth-order valence-corrected chi connectivity index (χ4v) is 4.27. The number of ether oxygens (including phenoxy) is 1. The van der Waals surface area contributed by atoms with E-state index in [0.717, 1.165) is 12.0 Å². The Balaban J connectivity index is 1.95. The summed E-state index contributed by atoms with van der Waals surface area (Å²) in [6.07, 6.45) is 0.809. The molecule has 2 N–H and O–H groups in total. The molecule has 0 radical (unpaired) electrons. The highest BCUT2D eigenvalue weighted by molar-refractivity contribution is 8.01. The largest absolute Gasteiger partial charge is 0.457 e. The van der Waals surface area contributed by atoms with Crippen molar-refractivity contribution in [3.05, 3.63) is 58.4 Å². The van der Waals surface area contributed by atoms with E-state index in [0.29, 0.717) is 33.7 Å². The molecular formula is C21H24ClFN2OS. The molecule has 0 unspecified atom stereocenters. The van der Waals surface area contributed by atoms with Crippen molar-refractivity contribution in [1.82, 2.24) is 0 Å². The van der Waals surface area contributed by atoms with Crippen LogP contribution in [0.4, 0.5) is 4.39 Å². The summed E-state index contributed by atoms with van der Waals surface area (Å²) in [7, 11) is 0. The van der Waals surface area contributed by atoms with Crippen molar-refractivity contribution in [3.8, 4) is 11.5 Å². The summed E-state index contributed by atoms with van der Waals surface area (Å²) in [6.45, 7) is 7.99. The maximum Gasteiger partial charge on any atom is 0.129 e. The van der Waals surface area contributed by atoms with Crippen molar-refractivity contribution < 1.29 is 9.13 Å². The Morgan fingerprint density at radius 1 is 1.19 bits per heavy atom. The van der Waals surface area contributed by atoms with Crippen LogP contribution in [0.15, 0.2) is 41.4 Å². The fourth-order valence-electron chi connectivity index (χ4n) is 2.97. The van der Waals surface area contributed by atoms with Crippen molar-refractivity contribution in [1.29, 1.82) is 0 Å². The molecule has 144 valence electrons. The molecule has 3 nitrogen and oxygen atoms in total. The number of nitrogens with zero attached hydrogens (tertiary/aromatic N) is 1. The van der Waals surface area contributed by atoms with Gasteiger partial charge in [0, 0.05) is 16.3 Å². The third kappa shape index (κ3) is 4.09. The SMILES string of the molecule is CCc1cc(Oc2ccc(F)c([C@]3(C)CSC(C)(C)C(N)=N3)c2)ccc1Cl. The first-order valence-corrected chi connectivity index (χ1v) is 10.3. The summed E-state index contributed by atoms with van der Waals surface area (Å²) in [6, 6.07) is 10.3. The van der Waals surface area contributed by atoms with Gasteiger partial charge in [-0.2, -0.15) is 0 Å². The summed E-state index contributed by atoms with van der Waals surface area (Å²) >= 11 is 7.85. The van der Waals surface area contributed by atoms with E-state index < -0.39 is 5.54 Å². The van der Waals surface area contributed by atoms with E-state index >= 15 is 0 Å². The van der Waals surface area contributed by atoms with E-state index in [1.807, 2.05) is 39.8 Å². The Labute approximate surface area is 169 Å². The molecular weight excluding hydrogens is 383 g/mol. The molecule has 1 aliphatic heterocycles. The van der Waals surface area contributed by atoms with Crippen molar-refractivity contribution in [3.63, 3.8) is 0 Å². The number of aryl methyl sites for hydroxylation is 1. The quantitative estimate of drug-likeness (QED) is 0.684. The molecule has 0 aromatic heterocycles. The van der Waals surface area contributed by atoms with Crippen LogP contribution in [-0.2, 0) is 12.0 Å². The summed E-state index contributed by atoms with van der Waals surface area (Å²) in [5.74, 6) is 2.08. The maximum atomic E-state index is 14.6. The lowest BCUT2D eigenvalue weighted by Crippen LogP contribution is -2.44.